The molecule has 2 amide bonds. The molecule has 0 saturated carbocycles. The Morgan fingerprint density at radius 2 is 1.93 bits per heavy atom. The first-order valence-corrected chi connectivity index (χ1v) is 5.60. The lowest BCUT2D eigenvalue weighted by molar-refractivity contribution is 0.256. The first kappa shape index (κ1) is 11.8. The Hall–Kier alpha value is -1.31. The number of para-hydroxylation sites is 1. The second-order valence-corrected chi connectivity index (χ2v) is 4.38. The largest absolute Gasteiger partial charge is 0.352 e. The molecule has 0 fully saturated rings. The van der Waals surface area contributed by atoms with Crippen LogP contribution in [-0.2, 0) is 0 Å². The summed E-state index contributed by atoms with van der Waals surface area (Å²) in [5.74, 6) is 0. The summed E-state index contributed by atoms with van der Waals surface area (Å²) in [5.41, 5.74) is 9.53. The van der Waals surface area contributed by atoms with Crippen LogP contribution in [0.15, 0.2) is 28.6 Å². The predicted octanol–water partition coefficient (Wildman–Crippen LogP) is 1.29. The molecule has 0 spiro atoms. The summed E-state index contributed by atoms with van der Waals surface area (Å²) >= 11 is 2.83. The van der Waals surface area contributed by atoms with Crippen LogP contribution in [0.25, 0.3) is 10.2 Å². The van der Waals surface area contributed by atoms with E-state index in [9.17, 15) is 0 Å². The Kier molecular flexibility index (Phi) is 4.35. The summed E-state index contributed by atoms with van der Waals surface area (Å²) in [6.07, 6.45) is 0. The van der Waals surface area contributed by atoms with Crippen molar-refractivity contribution in [3.63, 3.8) is 0 Å². The van der Waals surface area contributed by atoms with Gasteiger partial charge in [-0.15, -0.1) is 11.3 Å². The number of benzene rings is 1. The number of hydrogen-bond acceptors (Lipinski definition) is 5. The fraction of sp³-hybridized carbons (Fsp3) is 0. The Morgan fingerprint density at radius 3 is 2.47 bits per heavy atom. The molecule has 2 rings (SSSR count). The zero-order valence-electron chi connectivity index (χ0n) is 7.71. The molecule has 0 unspecified atom stereocenters. The minimum absolute atomic E-state index is 0.833. The first-order valence-electron chi connectivity index (χ1n) is 3.90. The minimum atomic E-state index is -0.833. The number of thiazole rings is 1. The average Bonchev–Trinajstić information content (AvgIpc) is 2.59. The van der Waals surface area contributed by atoms with Gasteiger partial charge in [-0.2, -0.15) is 0 Å². The summed E-state index contributed by atoms with van der Waals surface area (Å²) in [4.78, 5) is 13.3. The second kappa shape index (κ2) is 5.54. The number of nitrogens with zero attached hydrogens (tertiary/aromatic N) is 1. The van der Waals surface area contributed by atoms with Crippen molar-refractivity contribution < 1.29 is 4.79 Å². The van der Waals surface area contributed by atoms with Gasteiger partial charge in [-0.05, 0) is 24.1 Å². The van der Waals surface area contributed by atoms with Crippen LogP contribution in [0, 0.1) is 0 Å². The molecule has 1 heterocycles. The highest BCUT2D eigenvalue weighted by atomic mass is 32.2. The van der Waals surface area contributed by atoms with Gasteiger partial charge in [0.2, 0.25) is 0 Å². The van der Waals surface area contributed by atoms with Crippen molar-refractivity contribution in [1.29, 1.82) is 0 Å². The Bertz CT molecular complexity index is 420. The molecule has 80 valence electrons. The SMILES string of the molecule is NC(N)=O.NSc1nc2ccccc2s1. The van der Waals surface area contributed by atoms with Crippen LogP contribution in [0.5, 0.6) is 0 Å². The summed E-state index contributed by atoms with van der Waals surface area (Å²) in [7, 11) is 0. The van der Waals surface area contributed by atoms with E-state index in [2.05, 4.69) is 16.5 Å². The fourth-order valence-corrected chi connectivity index (χ4v) is 2.21. The van der Waals surface area contributed by atoms with Crippen LogP contribution < -0.4 is 16.6 Å². The molecule has 0 bridgehead atoms. The molecular formula is C8H10N4OS2. The van der Waals surface area contributed by atoms with Gasteiger partial charge in [-0.1, -0.05) is 12.1 Å². The van der Waals surface area contributed by atoms with Crippen LogP contribution >= 0.6 is 23.3 Å². The average molecular weight is 242 g/mol. The Morgan fingerprint density at radius 1 is 1.33 bits per heavy atom. The van der Waals surface area contributed by atoms with E-state index < -0.39 is 6.03 Å². The number of aromatic nitrogens is 1. The first-order chi connectivity index (χ1) is 7.13. The summed E-state index contributed by atoms with van der Waals surface area (Å²) in [5, 5.41) is 5.38. The summed E-state index contributed by atoms with van der Waals surface area (Å²) in [6.45, 7) is 0. The Labute approximate surface area is 94.8 Å². The zero-order chi connectivity index (χ0) is 11.3. The van der Waals surface area contributed by atoms with Gasteiger partial charge >= 0.3 is 6.03 Å². The molecule has 0 radical (unpaired) electrons. The number of primary amides is 2. The third-order valence-corrected chi connectivity index (χ3v) is 3.04. The standard InChI is InChI=1S/C7H6N2S2.CH4N2O/c8-11-7-9-5-3-1-2-4-6(5)10-7;2-1(3)4/h1-4H,8H2;(H4,2,3,4). The van der Waals surface area contributed by atoms with Crippen molar-refractivity contribution in [3.05, 3.63) is 24.3 Å². The van der Waals surface area contributed by atoms with E-state index in [0.717, 1.165) is 9.86 Å². The van der Waals surface area contributed by atoms with Crippen LogP contribution in [0.1, 0.15) is 0 Å². The number of urea groups is 1. The van der Waals surface area contributed by atoms with Crippen molar-refractivity contribution >= 4 is 39.5 Å². The van der Waals surface area contributed by atoms with E-state index in [1.807, 2.05) is 24.3 Å². The van der Waals surface area contributed by atoms with Gasteiger partial charge < -0.3 is 11.5 Å². The van der Waals surface area contributed by atoms with Crippen LogP contribution in [-0.4, -0.2) is 11.0 Å². The molecule has 0 saturated heterocycles. The number of carbonyl (C=O) groups excluding carboxylic acids is 1. The molecule has 0 aliphatic rings. The molecule has 5 nitrogen and oxygen atoms in total. The number of hydrogen-bond donors (Lipinski definition) is 3. The van der Waals surface area contributed by atoms with Crippen molar-refractivity contribution in [2.75, 3.05) is 0 Å². The molecule has 15 heavy (non-hydrogen) atoms. The molecule has 1 aromatic heterocycles. The van der Waals surface area contributed by atoms with Crippen LogP contribution in [0.4, 0.5) is 4.79 Å². The second-order valence-electron chi connectivity index (χ2n) is 2.47. The third kappa shape index (κ3) is 3.74. The zero-order valence-corrected chi connectivity index (χ0v) is 9.35. The topological polar surface area (TPSA) is 108 Å². The highest BCUT2D eigenvalue weighted by Gasteiger charge is 1.99. The molecular weight excluding hydrogens is 232 g/mol. The maximum atomic E-state index is 9.00. The van der Waals surface area contributed by atoms with E-state index in [1.165, 1.54) is 16.6 Å². The highest BCUT2D eigenvalue weighted by Crippen LogP contribution is 2.25. The quantitative estimate of drug-likeness (QED) is 0.654. The number of rotatable bonds is 1. The molecule has 7 heteroatoms. The lowest BCUT2D eigenvalue weighted by Crippen LogP contribution is -2.18. The van der Waals surface area contributed by atoms with Crippen LogP contribution in [0.2, 0.25) is 0 Å². The smallest absolute Gasteiger partial charge is 0.309 e. The van der Waals surface area contributed by atoms with Crippen molar-refractivity contribution in [2.24, 2.45) is 16.6 Å². The van der Waals surface area contributed by atoms with Gasteiger partial charge in [0.25, 0.3) is 0 Å². The van der Waals surface area contributed by atoms with Gasteiger partial charge in [0, 0.05) is 0 Å². The number of nitrogens with two attached hydrogens (primary N) is 3. The molecule has 0 aliphatic heterocycles. The van der Waals surface area contributed by atoms with E-state index in [0.29, 0.717) is 0 Å². The molecule has 2 aromatic rings. The molecule has 0 aliphatic carbocycles. The van der Waals surface area contributed by atoms with E-state index in [1.54, 1.807) is 11.3 Å². The third-order valence-electron chi connectivity index (χ3n) is 1.38. The van der Waals surface area contributed by atoms with Gasteiger partial charge in [0.15, 0.2) is 4.34 Å². The lowest BCUT2D eigenvalue weighted by Gasteiger charge is -1.80. The van der Waals surface area contributed by atoms with Gasteiger partial charge in [-0.25, -0.2) is 9.78 Å². The van der Waals surface area contributed by atoms with E-state index in [-0.39, 0.29) is 0 Å². The highest BCUT2D eigenvalue weighted by molar-refractivity contribution is 7.99. The van der Waals surface area contributed by atoms with E-state index in [4.69, 9.17) is 9.93 Å². The minimum Gasteiger partial charge on any atom is -0.352 e. The lowest BCUT2D eigenvalue weighted by atomic mass is 10.3. The normalized spacial score (nSPS) is 9.40. The van der Waals surface area contributed by atoms with Crippen LogP contribution in [0.3, 0.4) is 0 Å². The van der Waals surface area contributed by atoms with Gasteiger partial charge in [0.05, 0.1) is 10.2 Å². The van der Waals surface area contributed by atoms with Gasteiger partial charge in [0.1, 0.15) is 0 Å². The monoisotopic (exact) mass is 242 g/mol. The number of carbonyl (C=O) groups is 1. The molecule has 0 atom stereocenters. The summed E-state index contributed by atoms with van der Waals surface area (Å²) in [6, 6.07) is 7.19. The van der Waals surface area contributed by atoms with E-state index >= 15 is 0 Å². The molecule has 6 N–H and O–H groups in total. The Balaban J connectivity index is 0.000000245. The summed E-state index contributed by atoms with van der Waals surface area (Å²) < 4.78 is 2.12. The number of fused-ring (bicyclic) bond motifs is 1. The maximum absolute atomic E-state index is 9.00. The number of amides is 2. The predicted molar refractivity (Wildman–Crippen MR) is 63.4 cm³/mol. The maximum Gasteiger partial charge on any atom is 0.309 e. The molecule has 1 aromatic carbocycles. The van der Waals surface area contributed by atoms with Gasteiger partial charge in [-0.3, -0.25) is 5.14 Å². The van der Waals surface area contributed by atoms with Crippen molar-refractivity contribution in [3.8, 4) is 0 Å². The van der Waals surface area contributed by atoms with Crippen molar-refractivity contribution in [2.45, 2.75) is 4.34 Å². The fourth-order valence-electron chi connectivity index (χ4n) is 0.901. The van der Waals surface area contributed by atoms with Crippen molar-refractivity contribution in [1.82, 2.24) is 4.98 Å².